The van der Waals surface area contributed by atoms with Gasteiger partial charge in [0.25, 0.3) is 0 Å². The third-order valence-electron chi connectivity index (χ3n) is 6.27. The van der Waals surface area contributed by atoms with Crippen LogP contribution in [0.4, 0.5) is 22.7 Å². The van der Waals surface area contributed by atoms with Gasteiger partial charge < -0.3 is 22.9 Å². The minimum Gasteiger partial charge on any atom is -0.398 e. The third kappa shape index (κ3) is 3.24. The lowest BCUT2D eigenvalue weighted by Gasteiger charge is -2.19. The summed E-state index contributed by atoms with van der Waals surface area (Å²) in [4.78, 5) is 49.4. The van der Waals surface area contributed by atoms with Crippen LogP contribution in [0, 0.1) is 0 Å². The van der Waals surface area contributed by atoms with Gasteiger partial charge >= 0.3 is 0 Å². The Balaban J connectivity index is 0.000000148. The molecule has 0 amide bonds. The fraction of sp³-hybridized carbons (Fsp3) is 0. The summed E-state index contributed by atoms with van der Waals surface area (Å²) in [7, 11) is 0. The molecule has 0 saturated carbocycles. The first-order valence-corrected chi connectivity index (χ1v) is 10.9. The zero-order chi connectivity index (χ0) is 25.7. The summed E-state index contributed by atoms with van der Waals surface area (Å²) in [6, 6.07) is 19.5. The molecule has 0 aliphatic heterocycles. The van der Waals surface area contributed by atoms with E-state index in [4.69, 9.17) is 22.9 Å². The molecule has 0 bridgehead atoms. The largest absolute Gasteiger partial charge is 0.398 e. The number of ketones is 4. The Hall–Kier alpha value is -5.24. The van der Waals surface area contributed by atoms with E-state index in [1.54, 1.807) is 72.8 Å². The molecular formula is C28H20N4O4. The second kappa shape index (κ2) is 8.21. The van der Waals surface area contributed by atoms with Crippen LogP contribution in [-0.4, -0.2) is 23.1 Å². The normalized spacial score (nSPS) is 13.1. The molecule has 6 rings (SSSR count). The smallest absolute Gasteiger partial charge is 0.196 e. The summed E-state index contributed by atoms with van der Waals surface area (Å²) < 4.78 is 0. The van der Waals surface area contributed by atoms with Crippen LogP contribution in [0.2, 0.25) is 0 Å². The van der Waals surface area contributed by atoms with Gasteiger partial charge in [-0.25, -0.2) is 0 Å². The summed E-state index contributed by atoms with van der Waals surface area (Å²) in [5.74, 6) is -0.981. The summed E-state index contributed by atoms with van der Waals surface area (Å²) in [5, 5.41) is 0. The van der Waals surface area contributed by atoms with Gasteiger partial charge in [-0.2, -0.15) is 0 Å². The Labute approximate surface area is 205 Å². The lowest BCUT2D eigenvalue weighted by atomic mass is 9.82. The zero-order valence-corrected chi connectivity index (χ0v) is 18.9. The fourth-order valence-corrected chi connectivity index (χ4v) is 4.59. The van der Waals surface area contributed by atoms with Crippen molar-refractivity contribution in [2.45, 2.75) is 0 Å². The van der Waals surface area contributed by atoms with Gasteiger partial charge in [-0.1, -0.05) is 48.5 Å². The maximum absolute atomic E-state index is 12.3. The molecule has 0 saturated heterocycles. The molecule has 2 aliphatic rings. The van der Waals surface area contributed by atoms with Crippen LogP contribution < -0.4 is 22.9 Å². The van der Waals surface area contributed by atoms with Gasteiger partial charge in [0.2, 0.25) is 0 Å². The van der Waals surface area contributed by atoms with E-state index >= 15 is 0 Å². The van der Waals surface area contributed by atoms with E-state index in [2.05, 4.69) is 0 Å². The molecule has 8 heteroatoms. The quantitative estimate of drug-likeness (QED) is 0.242. The predicted octanol–water partition coefficient (Wildman–Crippen LogP) is 3.25. The fourth-order valence-electron chi connectivity index (χ4n) is 4.59. The number of rotatable bonds is 0. The van der Waals surface area contributed by atoms with Gasteiger partial charge in [0.05, 0.1) is 22.3 Å². The highest BCUT2D eigenvalue weighted by atomic mass is 16.1. The van der Waals surface area contributed by atoms with Gasteiger partial charge in [0.1, 0.15) is 0 Å². The van der Waals surface area contributed by atoms with Gasteiger partial charge in [0, 0.05) is 45.0 Å². The number of nitrogen functional groups attached to an aromatic ring is 4. The van der Waals surface area contributed by atoms with Crippen LogP contribution in [0.15, 0.2) is 72.8 Å². The predicted molar refractivity (Wildman–Crippen MR) is 137 cm³/mol. The van der Waals surface area contributed by atoms with E-state index in [0.717, 1.165) is 0 Å². The Bertz CT molecular complexity index is 1410. The van der Waals surface area contributed by atoms with Gasteiger partial charge in [-0.3, -0.25) is 19.2 Å². The Morgan fingerprint density at radius 2 is 0.528 bits per heavy atom. The average molecular weight is 476 g/mol. The van der Waals surface area contributed by atoms with E-state index in [1.807, 2.05) is 0 Å². The van der Waals surface area contributed by atoms with Crippen molar-refractivity contribution in [2.24, 2.45) is 0 Å². The number of nitrogens with two attached hydrogens (primary N) is 4. The molecule has 0 aromatic heterocycles. The molecule has 176 valence electrons. The summed E-state index contributed by atoms with van der Waals surface area (Å²) in [5.41, 5.74) is 26.8. The molecule has 0 unspecified atom stereocenters. The van der Waals surface area contributed by atoms with Gasteiger partial charge in [-0.05, 0) is 24.3 Å². The van der Waals surface area contributed by atoms with E-state index in [9.17, 15) is 19.2 Å². The van der Waals surface area contributed by atoms with Crippen molar-refractivity contribution in [3.05, 3.63) is 117 Å². The first-order valence-electron chi connectivity index (χ1n) is 10.9. The number of carbonyl (C=O) groups is 4. The molecule has 4 aromatic rings. The Kier molecular flexibility index (Phi) is 5.14. The topological polar surface area (TPSA) is 172 Å². The van der Waals surface area contributed by atoms with Gasteiger partial charge in [0.15, 0.2) is 23.1 Å². The number of benzene rings is 4. The SMILES string of the molecule is Nc1cccc2c1C(=O)c1cccc(N)c1C2=O.Nc1cccc2c1C(=O)c1cccc(N)c1C2=O. The van der Waals surface area contributed by atoms with Crippen molar-refractivity contribution in [3.8, 4) is 0 Å². The summed E-state index contributed by atoms with van der Waals surface area (Å²) in [6.45, 7) is 0. The van der Waals surface area contributed by atoms with Crippen molar-refractivity contribution in [1.29, 1.82) is 0 Å². The lowest BCUT2D eigenvalue weighted by Crippen LogP contribution is -2.23. The number of carbonyl (C=O) groups excluding carboxylic acids is 4. The summed E-state index contributed by atoms with van der Waals surface area (Å²) in [6.07, 6.45) is 0. The average Bonchev–Trinajstić information content (AvgIpc) is 2.86. The van der Waals surface area contributed by atoms with E-state index in [-0.39, 0.29) is 45.4 Å². The van der Waals surface area contributed by atoms with Crippen molar-refractivity contribution in [2.75, 3.05) is 22.9 Å². The van der Waals surface area contributed by atoms with E-state index < -0.39 is 0 Å². The van der Waals surface area contributed by atoms with Crippen LogP contribution in [0.1, 0.15) is 63.7 Å². The number of hydrogen-bond donors (Lipinski definition) is 4. The molecule has 0 atom stereocenters. The van der Waals surface area contributed by atoms with Crippen molar-refractivity contribution >= 4 is 45.9 Å². The minimum atomic E-state index is -0.245. The van der Waals surface area contributed by atoms with E-state index in [0.29, 0.717) is 45.0 Å². The molecule has 0 heterocycles. The van der Waals surface area contributed by atoms with Crippen LogP contribution in [-0.2, 0) is 0 Å². The molecule has 8 N–H and O–H groups in total. The minimum absolute atomic E-state index is 0.245. The van der Waals surface area contributed by atoms with E-state index in [1.165, 1.54) is 0 Å². The first-order chi connectivity index (χ1) is 17.2. The van der Waals surface area contributed by atoms with Crippen LogP contribution in [0.3, 0.4) is 0 Å². The number of hydrogen-bond acceptors (Lipinski definition) is 8. The van der Waals surface area contributed by atoms with Crippen molar-refractivity contribution in [3.63, 3.8) is 0 Å². The van der Waals surface area contributed by atoms with Crippen molar-refractivity contribution in [1.82, 2.24) is 0 Å². The highest BCUT2D eigenvalue weighted by Gasteiger charge is 2.33. The number of anilines is 4. The molecule has 0 radical (unpaired) electrons. The molecule has 0 spiro atoms. The molecule has 0 fully saturated rings. The molecule has 36 heavy (non-hydrogen) atoms. The number of fused-ring (bicyclic) bond motifs is 4. The highest BCUT2D eigenvalue weighted by molar-refractivity contribution is 6.32. The lowest BCUT2D eigenvalue weighted by molar-refractivity contribution is 0.0980. The first kappa shape index (κ1) is 22.5. The maximum Gasteiger partial charge on any atom is 0.196 e. The van der Waals surface area contributed by atoms with Crippen molar-refractivity contribution < 1.29 is 19.2 Å². The Morgan fingerprint density at radius 3 is 0.722 bits per heavy atom. The second-order valence-corrected chi connectivity index (χ2v) is 8.40. The van der Waals surface area contributed by atoms with Gasteiger partial charge in [-0.15, -0.1) is 0 Å². The van der Waals surface area contributed by atoms with Crippen LogP contribution >= 0.6 is 0 Å². The van der Waals surface area contributed by atoms with Crippen LogP contribution in [0.5, 0.6) is 0 Å². The second-order valence-electron chi connectivity index (χ2n) is 8.40. The highest BCUT2D eigenvalue weighted by Crippen LogP contribution is 2.34. The zero-order valence-electron chi connectivity index (χ0n) is 18.9. The third-order valence-corrected chi connectivity index (χ3v) is 6.27. The molecular weight excluding hydrogens is 456 g/mol. The molecule has 4 aromatic carbocycles. The Morgan fingerprint density at radius 1 is 0.333 bits per heavy atom. The maximum atomic E-state index is 12.3. The summed E-state index contributed by atoms with van der Waals surface area (Å²) >= 11 is 0. The monoisotopic (exact) mass is 476 g/mol. The standard InChI is InChI=1S/2C14H10N2O2/c2*15-9-5-1-3-7-11(9)14(18)8-4-2-6-10(16)12(8)13(7)17/h2*1-6H,15-16H2. The molecule has 8 nitrogen and oxygen atoms in total. The van der Waals surface area contributed by atoms with Crippen LogP contribution in [0.25, 0.3) is 0 Å². The molecule has 2 aliphatic carbocycles.